The van der Waals surface area contributed by atoms with E-state index in [0.29, 0.717) is 35.5 Å². The summed E-state index contributed by atoms with van der Waals surface area (Å²) in [5, 5.41) is 8.10. The molecule has 0 saturated heterocycles. The number of carbonyl (C=O) groups is 1. The molecule has 1 saturated carbocycles. The van der Waals surface area contributed by atoms with E-state index in [2.05, 4.69) is 17.3 Å². The van der Waals surface area contributed by atoms with Crippen LogP contribution in [-0.4, -0.2) is 29.4 Å². The normalized spacial score (nSPS) is 18.8. The van der Waals surface area contributed by atoms with Gasteiger partial charge in [0.15, 0.2) is 11.5 Å². The number of methoxy groups -OCH3 is 1. The quantitative estimate of drug-likeness (QED) is 0.770. The first-order valence-corrected chi connectivity index (χ1v) is 9.84. The number of nitrogens with one attached hydrogen (secondary N) is 1. The van der Waals surface area contributed by atoms with E-state index in [0.717, 1.165) is 29.9 Å². The summed E-state index contributed by atoms with van der Waals surface area (Å²) in [6.07, 6.45) is 5.52. The Morgan fingerprint density at radius 1 is 1.33 bits per heavy atom. The number of fused-ring (bicyclic) bond motifs is 1. The van der Waals surface area contributed by atoms with Crippen LogP contribution in [0.1, 0.15) is 49.7 Å². The van der Waals surface area contributed by atoms with Gasteiger partial charge in [0.1, 0.15) is 5.82 Å². The van der Waals surface area contributed by atoms with Crippen molar-refractivity contribution < 1.29 is 14.3 Å². The van der Waals surface area contributed by atoms with Crippen LogP contribution in [-0.2, 0) is 11.3 Å². The van der Waals surface area contributed by atoms with E-state index in [1.165, 1.54) is 12.8 Å². The van der Waals surface area contributed by atoms with Crippen molar-refractivity contribution in [3.05, 3.63) is 34.5 Å². The number of rotatable bonds is 7. The van der Waals surface area contributed by atoms with Crippen LogP contribution in [0, 0.1) is 5.92 Å². The van der Waals surface area contributed by atoms with Crippen molar-refractivity contribution >= 4 is 23.3 Å². The molecule has 1 aromatic heterocycles. The summed E-state index contributed by atoms with van der Waals surface area (Å²) >= 11 is 6.34. The van der Waals surface area contributed by atoms with E-state index in [9.17, 15) is 4.79 Å². The van der Waals surface area contributed by atoms with Gasteiger partial charge in [-0.1, -0.05) is 18.5 Å². The van der Waals surface area contributed by atoms with Gasteiger partial charge in [0, 0.05) is 41.1 Å². The fourth-order valence-corrected chi connectivity index (χ4v) is 3.81. The van der Waals surface area contributed by atoms with Gasteiger partial charge in [-0.05, 0) is 31.2 Å². The third kappa shape index (κ3) is 3.63. The maximum atomic E-state index is 12.5. The molecule has 0 radical (unpaired) electrons. The zero-order valence-electron chi connectivity index (χ0n) is 15.6. The maximum absolute atomic E-state index is 12.5. The lowest BCUT2D eigenvalue weighted by Crippen LogP contribution is -2.25. The van der Waals surface area contributed by atoms with E-state index >= 15 is 0 Å². The van der Waals surface area contributed by atoms with Gasteiger partial charge in [-0.3, -0.25) is 4.79 Å². The molecule has 1 atom stereocenters. The van der Waals surface area contributed by atoms with Crippen LogP contribution in [0.3, 0.4) is 0 Å². The predicted molar refractivity (Wildman–Crippen MR) is 104 cm³/mol. The van der Waals surface area contributed by atoms with Gasteiger partial charge < -0.3 is 14.8 Å². The van der Waals surface area contributed by atoms with Gasteiger partial charge in [-0.25, -0.2) is 4.68 Å². The zero-order valence-corrected chi connectivity index (χ0v) is 16.4. The lowest BCUT2D eigenvalue weighted by molar-refractivity contribution is -0.116. The van der Waals surface area contributed by atoms with Gasteiger partial charge >= 0.3 is 0 Å². The van der Waals surface area contributed by atoms with E-state index < -0.39 is 0 Å². The molecule has 2 aliphatic rings. The first-order chi connectivity index (χ1) is 13.1. The van der Waals surface area contributed by atoms with Crippen LogP contribution in [0.4, 0.5) is 5.82 Å². The highest BCUT2D eigenvalue weighted by Crippen LogP contribution is 2.46. The second-order valence-electron chi connectivity index (χ2n) is 7.25. The fourth-order valence-electron chi connectivity index (χ4n) is 3.59. The first-order valence-electron chi connectivity index (χ1n) is 9.46. The smallest absolute Gasteiger partial charge is 0.226 e. The standard InChI is InChI=1S/C20H24ClN3O3/c1-3-6-27-19-15(7-13(21)8-17(19)26-2)14-9-18(25)23-20-16(14)10-22-24(20)11-12-4-5-12/h7-8,10,12,14H,3-6,9,11H2,1-2H3,(H,23,25). The Balaban J connectivity index is 1.78. The average Bonchev–Trinajstić information content (AvgIpc) is 3.39. The van der Waals surface area contributed by atoms with Crippen molar-refractivity contribution in [2.24, 2.45) is 5.92 Å². The second kappa shape index (κ2) is 7.43. The van der Waals surface area contributed by atoms with Crippen molar-refractivity contribution in [2.75, 3.05) is 19.0 Å². The molecule has 0 bridgehead atoms. The lowest BCUT2D eigenvalue weighted by atomic mass is 9.86. The van der Waals surface area contributed by atoms with E-state index in [1.54, 1.807) is 13.2 Å². The summed E-state index contributed by atoms with van der Waals surface area (Å²) in [4.78, 5) is 12.5. The topological polar surface area (TPSA) is 65.4 Å². The number of anilines is 1. The Bertz CT molecular complexity index is 860. The number of halogens is 1. The minimum Gasteiger partial charge on any atom is -0.493 e. The van der Waals surface area contributed by atoms with Gasteiger partial charge in [0.2, 0.25) is 5.91 Å². The highest BCUT2D eigenvalue weighted by atomic mass is 35.5. The molecular weight excluding hydrogens is 366 g/mol. The third-order valence-electron chi connectivity index (χ3n) is 5.11. The van der Waals surface area contributed by atoms with Crippen molar-refractivity contribution in [2.45, 2.75) is 45.1 Å². The summed E-state index contributed by atoms with van der Waals surface area (Å²) in [5.74, 6) is 2.52. The number of carbonyl (C=O) groups excluding carboxylic acids is 1. The van der Waals surface area contributed by atoms with Crippen LogP contribution in [0.25, 0.3) is 0 Å². The van der Waals surface area contributed by atoms with Crippen molar-refractivity contribution in [1.29, 1.82) is 0 Å². The Hall–Kier alpha value is -2.21. The van der Waals surface area contributed by atoms with E-state index in [-0.39, 0.29) is 11.8 Å². The molecule has 27 heavy (non-hydrogen) atoms. The number of nitrogens with zero attached hydrogens (tertiary/aromatic N) is 2. The van der Waals surface area contributed by atoms with Crippen LogP contribution in [0.2, 0.25) is 5.02 Å². The lowest BCUT2D eigenvalue weighted by Gasteiger charge is -2.26. The number of aromatic nitrogens is 2. The minimum atomic E-state index is -0.166. The molecule has 1 N–H and O–H groups in total. The van der Waals surface area contributed by atoms with Gasteiger partial charge in [0.25, 0.3) is 0 Å². The van der Waals surface area contributed by atoms with Crippen LogP contribution < -0.4 is 14.8 Å². The second-order valence-corrected chi connectivity index (χ2v) is 7.69. The van der Waals surface area contributed by atoms with E-state index in [4.69, 9.17) is 21.1 Å². The largest absolute Gasteiger partial charge is 0.493 e. The summed E-state index contributed by atoms with van der Waals surface area (Å²) in [7, 11) is 1.60. The molecule has 1 fully saturated rings. The van der Waals surface area contributed by atoms with E-state index in [1.807, 2.05) is 16.9 Å². The Labute approximate surface area is 163 Å². The minimum absolute atomic E-state index is 0.0227. The molecule has 1 amide bonds. The molecule has 6 nitrogen and oxygen atoms in total. The van der Waals surface area contributed by atoms with Crippen molar-refractivity contribution in [3.8, 4) is 11.5 Å². The molecule has 4 rings (SSSR count). The maximum Gasteiger partial charge on any atom is 0.226 e. The summed E-state index contributed by atoms with van der Waals surface area (Å²) in [6.45, 7) is 3.47. The van der Waals surface area contributed by atoms with Crippen LogP contribution >= 0.6 is 11.6 Å². The van der Waals surface area contributed by atoms with Crippen molar-refractivity contribution in [3.63, 3.8) is 0 Å². The number of ether oxygens (including phenoxy) is 2. The Morgan fingerprint density at radius 2 is 2.15 bits per heavy atom. The summed E-state index contributed by atoms with van der Waals surface area (Å²) < 4.78 is 13.4. The highest BCUT2D eigenvalue weighted by Gasteiger charge is 2.34. The Kier molecular flexibility index (Phi) is 5.00. The molecule has 1 unspecified atom stereocenters. The molecule has 144 valence electrons. The molecule has 1 aliphatic heterocycles. The van der Waals surface area contributed by atoms with Gasteiger partial charge in [0.05, 0.1) is 19.9 Å². The number of amides is 1. The van der Waals surface area contributed by atoms with Crippen LogP contribution in [0.15, 0.2) is 18.3 Å². The fraction of sp³-hybridized carbons (Fsp3) is 0.500. The Morgan fingerprint density at radius 3 is 2.85 bits per heavy atom. The summed E-state index contributed by atoms with van der Waals surface area (Å²) in [5.41, 5.74) is 1.87. The van der Waals surface area contributed by atoms with Gasteiger partial charge in [-0.15, -0.1) is 0 Å². The molecule has 7 heteroatoms. The molecule has 1 aromatic carbocycles. The molecule has 2 aromatic rings. The number of hydrogen-bond acceptors (Lipinski definition) is 4. The number of hydrogen-bond donors (Lipinski definition) is 1. The first kappa shape index (κ1) is 18.2. The van der Waals surface area contributed by atoms with Crippen LogP contribution in [0.5, 0.6) is 11.5 Å². The molecular formula is C20H24ClN3O3. The zero-order chi connectivity index (χ0) is 19.0. The van der Waals surface area contributed by atoms with Gasteiger partial charge in [-0.2, -0.15) is 5.10 Å². The SMILES string of the molecule is CCCOc1c(OC)cc(Cl)cc1C1CC(=O)Nc2c1cnn2CC1CC1. The van der Waals surface area contributed by atoms with Crippen molar-refractivity contribution in [1.82, 2.24) is 9.78 Å². The molecule has 0 spiro atoms. The molecule has 1 aliphatic carbocycles. The highest BCUT2D eigenvalue weighted by molar-refractivity contribution is 6.30. The monoisotopic (exact) mass is 389 g/mol. The average molecular weight is 390 g/mol. The summed E-state index contributed by atoms with van der Waals surface area (Å²) in [6, 6.07) is 3.62. The third-order valence-corrected chi connectivity index (χ3v) is 5.33. The predicted octanol–water partition coefficient (Wildman–Crippen LogP) is 4.22. The number of benzene rings is 1. The molecule has 2 heterocycles.